The second-order valence-electron chi connectivity index (χ2n) is 7.35. The summed E-state index contributed by atoms with van der Waals surface area (Å²) < 4.78 is 77.5. The van der Waals surface area contributed by atoms with E-state index in [2.05, 4.69) is 6.92 Å². The molecule has 3 aromatic rings. The summed E-state index contributed by atoms with van der Waals surface area (Å²) in [5.74, 6) is -10.4. The average molecular weight is 464 g/mol. The minimum atomic E-state index is -2.23. The van der Waals surface area contributed by atoms with Crippen LogP contribution >= 0.6 is 0 Å². The number of rotatable bonds is 9. The molecule has 0 saturated carbocycles. The van der Waals surface area contributed by atoms with Crippen molar-refractivity contribution in [3.8, 4) is 11.5 Å². The van der Waals surface area contributed by atoms with Gasteiger partial charge in [-0.15, -0.1) is 0 Å². The van der Waals surface area contributed by atoms with Crippen molar-refractivity contribution in [1.82, 2.24) is 0 Å². The van der Waals surface area contributed by atoms with Crippen molar-refractivity contribution in [1.29, 1.82) is 0 Å². The molecule has 0 fully saturated rings. The topological polar surface area (TPSA) is 35.5 Å². The zero-order valence-electron chi connectivity index (χ0n) is 17.8. The van der Waals surface area contributed by atoms with E-state index in [1.807, 2.05) is 12.1 Å². The molecule has 0 heterocycles. The molecule has 0 unspecified atom stereocenters. The summed E-state index contributed by atoms with van der Waals surface area (Å²) in [6, 6.07) is 12.6. The van der Waals surface area contributed by atoms with Crippen LogP contribution < -0.4 is 9.47 Å². The zero-order chi connectivity index (χ0) is 24.0. The fourth-order valence-corrected chi connectivity index (χ4v) is 3.09. The molecule has 0 saturated heterocycles. The monoisotopic (exact) mass is 464 g/mol. The Hall–Kier alpha value is -3.42. The zero-order valence-corrected chi connectivity index (χ0v) is 17.8. The summed E-state index contributed by atoms with van der Waals surface area (Å²) in [5.41, 5.74) is 0.247. The third-order valence-corrected chi connectivity index (χ3v) is 4.98. The lowest BCUT2D eigenvalue weighted by atomic mass is 10.1. The van der Waals surface area contributed by atoms with Crippen LogP contribution in [0.1, 0.15) is 47.7 Å². The van der Waals surface area contributed by atoms with Gasteiger partial charge < -0.3 is 9.47 Å². The van der Waals surface area contributed by atoms with Gasteiger partial charge in [0.15, 0.2) is 23.3 Å². The van der Waals surface area contributed by atoms with Crippen molar-refractivity contribution in [3.05, 3.63) is 94.3 Å². The van der Waals surface area contributed by atoms with Crippen molar-refractivity contribution >= 4 is 5.97 Å². The van der Waals surface area contributed by atoms with Gasteiger partial charge in [-0.1, -0.05) is 31.9 Å². The number of unbranched alkanes of at least 4 members (excludes halogenated alkanes) is 2. The number of ether oxygens (including phenoxy) is 2. The minimum absolute atomic E-state index is 0.0620. The van der Waals surface area contributed by atoms with Crippen LogP contribution in [0.5, 0.6) is 11.5 Å². The Bertz CT molecular complexity index is 1080. The highest BCUT2D eigenvalue weighted by atomic mass is 19.2. The van der Waals surface area contributed by atoms with Gasteiger partial charge in [0, 0.05) is 0 Å². The largest absolute Gasteiger partial charge is 0.489 e. The maximum atomic E-state index is 13.7. The molecular weight excluding hydrogens is 443 g/mol. The second kappa shape index (κ2) is 10.9. The third-order valence-electron chi connectivity index (χ3n) is 4.98. The van der Waals surface area contributed by atoms with Gasteiger partial charge in [0.05, 0.1) is 11.1 Å². The number of halogens is 5. The Morgan fingerprint density at radius 3 is 1.85 bits per heavy atom. The number of benzene rings is 3. The quantitative estimate of drug-likeness (QED) is 0.0862. The Morgan fingerprint density at radius 1 is 0.727 bits per heavy atom. The molecule has 0 aliphatic rings. The van der Waals surface area contributed by atoms with Gasteiger partial charge in [-0.05, 0) is 54.8 Å². The van der Waals surface area contributed by atoms with E-state index in [1.165, 1.54) is 24.3 Å². The summed E-state index contributed by atoms with van der Waals surface area (Å²) in [4.78, 5) is 12.3. The summed E-state index contributed by atoms with van der Waals surface area (Å²) in [5, 5.41) is 0. The van der Waals surface area contributed by atoms with E-state index in [0.717, 1.165) is 31.2 Å². The van der Waals surface area contributed by atoms with Crippen LogP contribution in [0.4, 0.5) is 22.0 Å². The van der Waals surface area contributed by atoms with E-state index in [0.29, 0.717) is 5.75 Å². The first-order chi connectivity index (χ1) is 15.8. The van der Waals surface area contributed by atoms with Crippen LogP contribution in [0.15, 0.2) is 48.5 Å². The van der Waals surface area contributed by atoms with E-state index >= 15 is 0 Å². The van der Waals surface area contributed by atoms with Gasteiger partial charge in [-0.3, -0.25) is 0 Å². The van der Waals surface area contributed by atoms with E-state index in [4.69, 9.17) is 9.47 Å². The van der Waals surface area contributed by atoms with Crippen molar-refractivity contribution in [2.75, 3.05) is 0 Å². The Kier molecular flexibility index (Phi) is 8.03. The molecule has 0 N–H and O–H groups in total. The molecular formula is C25H21F5O3. The predicted octanol–water partition coefficient (Wildman–Crippen LogP) is 6.91. The lowest BCUT2D eigenvalue weighted by Gasteiger charge is -2.10. The van der Waals surface area contributed by atoms with E-state index in [-0.39, 0.29) is 11.3 Å². The Labute approximate surface area is 187 Å². The first-order valence-corrected chi connectivity index (χ1v) is 10.4. The number of carbonyl (C=O) groups is 1. The lowest BCUT2D eigenvalue weighted by molar-refractivity contribution is 0.0734. The Balaban J connectivity index is 1.60. The maximum Gasteiger partial charge on any atom is 0.343 e. The third kappa shape index (κ3) is 5.88. The molecule has 0 atom stereocenters. The fourth-order valence-electron chi connectivity index (χ4n) is 3.09. The average Bonchev–Trinajstić information content (AvgIpc) is 2.83. The molecule has 0 aliphatic carbocycles. The number of aryl methyl sites for hydroxylation is 1. The molecule has 3 aromatic carbocycles. The van der Waals surface area contributed by atoms with Crippen molar-refractivity contribution in [2.24, 2.45) is 0 Å². The van der Waals surface area contributed by atoms with E-state index in [1.54, 1.807) is 12.1 Å². The molecule has 3 nitrogen and oxygen atoms in total. The van der Waals surface area contributed by atoms with Crippen LogP contribution in [0, 0.1) is 29.1 Å². The van der Waals surface area contributed by atoms with E-state index < -0.39 is 47.2 Å². The van der Waals surface area contributed by atoms with Crippen LogP contribution in [0.25, 0.3) is 0 Å². The molecule has 8 heteroatoms. The molecule has 0 aromatic heterocycles. The highest BCUT2D eigenvalue weighted by molar-refractivity contribution is 5.91. The Morgan fingerprint density at radius 2 is 1.27 bits per heavy atom. The molecule has 0 radical (unpaired) electrons. The second-order valence-corrected chi connectivity index (χ2v) is 7.35. The predicted molar refractivity (Wildman–Crippen MR) is 112 cm³/mol. The van der Waals surface area contributed by atoms with Crippen LogP contribution in [0.2, 0.25) is 0 Å². The molecule has 0 bridgehead atoms. The van der Waals surface area contributed by atoms with Gasteiger partial charge in [-0.25, -0.2) is 26.7 Å². The number of hydrogen-bond acceptors (Lipinski definition) is 3. The van der Waals surface area contributed by atoms with Gasteiger partial charge in [0.2, 0.25) is 5.82 Å². The first kappa shape index (κ1) is 24.2. The first-order valence-electron chi connectivity index (χ1n) is 10.4. The van der Waals surface area contributed by atoms with Gasteiger partial charge in [0.1, 0.15) is 18.1 Å². The number of hydrogen-bond donors (Lipinski definition) is 0. The van der Waals surface area contributed by atoms with Crippen molar-refractivity contribution < 1.29 is 36.2 Å². The van der Waals surface area contributed by atoms with Crippen molar-refractivity contribution in [2.45, 2.75) is 39.2 Å². The van der Waals surface area contributed by atoms with Gasteiger partial charge in [0.25, 0.3) is 0 Å². The lowest BCUT2D eigenvalue weighted by Crippen LogP contribution is -2.10. The molecule has 0 spiro atoms. The SMILES string of the molecule is CCCCCc1ccc(OC(=O)c2ccc(OCc3c(F)c(F)c(F)c(F)c3F)cc2)cc1. The minimum Gasteiger partial charge on any atom is -0.489 e. The summed E-state index contributed by atoms with van der Waals surface area (Å²) in [7, 11) is 0. The number of carbonyl (C=O) groups excluding carboxylic acids is 1. The highest BCUT2D eigenvalue weighted by Gasteiger charge is 2.26. The molecule has 174 valence electrons. The van der Waals surface area contributed by atoms with Crippen LogP contribution in [0.3, 0.4) is 0 Å². The van der Waals surface area contributed by atoms with Crippen LogP contribution in [-0.2, 0) is 13.0 Å². The standard InChI is InChI=1S/C25H21F5O3/c1-2-3-4-5-15-6-10-18(11-7-15)33-25(31)16-8-12-17(13-9-16)32-14-19-20(26)22(28)24(30)23(29)21(19)27/h6-13H,2-5,14H2,1H3. The maximum absolute atomic E-state index is 13.7. The highest BCUT2D eigenvalue weighted by Crippen LogP contribution is 2.25. The smallest absolute Gasteiger partial charge is 0.343 e. The normalized spacial score (nSPS) is 10.8. The van der Waals surface area contributed by atoms with Gasteiger partial charge >= 0.3 is 5.97 Å². The fraction of sp³-hybridized carbons (Fsp3) is 0.240. The molecule has 3 rings (SSSR count). The number of esters is 1. The molecule has 33 heavy (non-hydrogen) atoms. The summed E-state index contributed by atoms with van der Waals surface area (Å²) in [6.07, 6.45) is 4.33. The van der Waals surface area contributed by atoms with E-state index in [9.17, 15) is 26.7 Å². The van der Waals surface area contributed by atoms with Crippen molar-refractivity contribution in [3.63, 3.8) is 0 Å². The molecule has 0 aliphatic heterocycles. The van der Waals surface area contributed by atoms with Gasteiger partial charge in [-0.2, -0.15) is 0 Å². The summed E-state index contributed by atoms with van der Waals surface area (Å²) in [6.45, 7) is 1.24. The molecule has 0 amide bonds. The summed E-state index contributed by atoms with van der Waals surface area (Å²) >= 11 is 0. The van der Waals surface area contributed by atoms with Crippen LogP contribution in [-0.4, -0.2) is 5.97 Å².